The Labute approximate surface area is 102 Å². The molecule has 0 aromatic heterocycles. The molecule has 5 nitrogen and oxygen atoms in total. The topological polar surface area (TPSA) is 73.6 Å². The highest BCUT2D eigenvalue weighted by Crippen LogP contribution is 2.11. The van der Waals surface area contributed by atoms with Gasteiger partial charge in [0, 0.05) is 26.8 Å². The van der Waals surface area contributed by atoms with Gasteiger partial charge in [0.15, 0.2) is 0 Å². The van der Waals surface area contributed by atoms with Crippen LogP contribution in [0.25, 0.3) is 0 Å². The quantitative estimate of drug-likeness (QED) is 0.717. The smallest absolute Gasteiger partial charge is 0.373 e. The van der Waals surface area contributed by atoms with Gasteiger partial charge >= 0.3 is 14.6 Å². The zero-order valence-corrected chi connectivity index (χ0v) is 11.1. The SMILES string of the molecule is CO[Si](CCNC(N)=O)(OC)c1ccccc1. The molecule has 1 aromatic carbocycles. The van der Waals surface area contributed by atoms with Gasteiger partial charge < -0.3 is 19.9 Å². The Balaban J connectivity index is 2.78. The van der Waals surface area contributed by atoms with Crippen molar-refractivity contribution in [3.63, 3.8) is 0 Å². The maximum absolute atomic E-state index is 10.6. The van der Waals surface area contributed by atoms with E-state index in [2.05, 4.69) is 5.32 Å². The minimum Gasteiger partial charge on any atom is -0.394 e. The van der Waals surface area contributed by atoms with Crippen LogP contribution in [0.1, 0.15) is 0 Å². The first-order valence-electron chi connectivity index (χ1n) is 5.34. The van der Waals surface area contributed by atoms with Crippen molar-refractivity contribution in [2.24, 2.45) is 5.73 Å². The molecule has 6 heteroatoms. The van der Waals surface area contributed by atoms with Gasteiger partial charge in [0.1, 0.15) is 0 Å². The normalized spacial score (nSPS) is 11.2. The number of hydrogen-bond acceptors (Lipinski definition) is 3. The molecule has 0 spiro atoms. The minimum atomic E-state index is -2.46. The van der Waals surface area contributed by atoms with E-state index in [-0.39, 0.29) is 0 Å². The molecule has 0 saturated carbocycles. The van der Waals surface area contributed by atoms with Gasteiger partial charge in [-0.05, 0) is 5.19 Å². The summed E-state index contributed by atoms with van der Waals surface area (Å²) >= 11 is 0. The van der Waals surface area contributed by atoms with Crippen LogP contribution in [0.2, 0.25) is 6.04 Å². The second kappa shape index (κ2) is 6.38. The van der Waals surface area contributed by atoms with Crippen LogP contribution in [0, 0.1) is 0 Å². The summed E-state index contributed by atoms with van der Waals surface area (Å²) in [5.74, 6) is 0. The number of nitrogens with one attached hydrogen (secondary N) is 1. The highest BCUT2D eigenvalue weighted by atomic mass is 28.4. The van der Waals surface area contributed by atoms with Crippen molar-refractivity contribution in [2.45, 2.75) is 6.04 Å². The predicted molar refractivity (Wildman–Crippen MR) is 68.2 cm³/mol. The van der Waals surface area contributed by atoms with Gasteiger partial charge in [-0.15, -0.1) is 0 Å². The first-order chi connectivity index (χ1) is 8.14. The van der Waals surface area contributed by atoms with Crippen molar-refractivity contribution >= 4 is 19.8 Å². The molecule has 1 aromatic rings. The number of urea groups is 1. The Bertz CT molecular complexity index is 355. The number of hydrogen-bond donors (Lipinski definition) is 2. The standard InChI is InChI=1S/C11H18N2O3Si/c1-15-17(16-2,9-8-13-11(12)14)10-6-4-3-5-7-10/h3-7H,8-9H2,1-2H3,(H3,12,13,14). The molecule has 2 amide bonds. The van der Waals surface area contributed by atoms with E-state index in [1.807, 2.05) is 30.3 Å². The van der Waals surface area contributed by atoms with Crippen molar-refractivity contribution in [2.75, 3.05) is 20.8 Å². The van der Waals surface area contributed by atoms with Gasteiger partial charge in [-0.1, -0.05) is 30.3 Å². The molecule has 0 atom stereocenters. The molecule has 3 N–H and O–H groups in total. The third-order valence-electron chi connectivity index (χ3n) is 2.63. The van der Waals surface area contributed by atoms with E-state index in [1.165, 1.54) is 0 Å². The second-order valence-electron chi connectivity index (χ2n) is 3.57. The summed E-state index contributed by atoms with van der Waals surface area (Å²) in [6.07, 6.45) is 0. The van der Waals surface area contributed by atoms with Crippen LogP contribution >= 0.6 is 0 Å². The maximum atomic E-state index is 10.6. The lowest BCUT2D eigenvalue weighted by atomic mass is 10.4. The summed E-state index contributed by atoms with van der Waals surface area (Å²) in [6, 6.07) is 9.86. The van der Waals surface area contributed by atoms with Gasteiger partial charge in [-0.3, -0.25) is 0 Å². The van der Waals surface area contributed by atoms with Crippen LogP contribution in [0.3, 0.4) is 0 Å². The molecule has 0 aliphatic rings. The third-order valence-corrected chi connectivity index (χ3v) is 6.07. The van der Waals surface area contributed by atoms with Crippen molar-refractivity contribution in [1.29, 1.82) is 0 Å². The molecule has 0 radical (unpaired) electrons. The van der Waals surface area contributed by atoms with E-state index >= 15 is 0 Å². The second-order valence-corrected chi connectivity index (χ2v) is 6.97. The fraction of sp³-hybridized carbons (Fsp3) is 0.364. The maximum Gasteiger partial charge on any atom is 0.373 e. The van der Waals surface area contributed by atoms with Crippen LogP contribution in [0.4, 0.5) is 4.79 Å². The molecular formula is C11H18N2O3Si. The van der Waals surface area contributed by atoms with Crippen molar-refractivity contribution in [1.82, 2.24) is 5.32 Å². The molecule has 0 unspecified atom stereocenters. The molecule has 94 valence electrons. The zero-order valence-electron chi connectivity index (χ0n) is 10.1. The monoisotopic (exact) mass is 254 g/mol. The fourth-order valence-electron chi connectivity index (χ4n) is 1.71. The Morgan fingerprint density at radius 2 is 1.88 bits per heavy atom. The van der Waals surface area contributed by atoms with Gasteiger partial charge in [0.2, 0.25) is 0 Å². The largest absolute Gasteiger partial charge is 0.394 e. The molecule has 0 fully saturated rings. The van der Waals surface area contributed by atoms with Crippen LogP contribution in [-0.2, 0) is 8.85 Å². The Kier molecular flexibility index (Phi) is 5.14. The third kappa shape index (κ3) is 3.55. The average molecular weight is 254 g/mol. The Hall–Kier alpha value is -1.37. The molecule has 17 heavy (non-hydrogen) atoms. The van der Waals surface area contributed by atoms with E-state index in [0.717, 1.165) is 5.19 Å². The first kappa shape index (κ1) is 13.7. The molecule has 0 bridgehead atoms. The minimum absolute atomic E-state index is 0.443. The molecule has 0 aliphatic heterocycles. The van der Waals surface area contributed by atoms with E-state index in [9.17, 15) is 4.79 Å². The van der Waals surface area contributed by atoms with Crippen LogP contribution < -0.4 is 16.2 Å². The number of carbonyl (C=O) groups excluding carboxylic acids is 1. The van der Waals surface area contributed by atoms with E-state index < -0.39 is 14.6 Å². The molecule has 1 rings (SSSR count). The van der Waals surface area contributed by atoms with Gasteiger partial charge in [-0.25, -0.2) is 4.79 Å². The molecule has 0 heterocycles. The lowest BCUT2D eigenvalue weighted by molar-refractivity contribution is 0.246. The Morgan fingerprint density at radius 1 is 1.29 bits per heavy atom. The lowest BCUT2D eigenvalue weighted by Crippen LogP contribution is -2.54. The van der Waals surface area contributed by atoms with Crippen molar-refractivity contribution < 1.29 is 13.6 Å². The Morgan fingerprint density at radius 3 is 2.35 bits per heavy atom. The summed E-state index contributed by atoms with van der Waals surface area (Å²) in [5.41, 5.74) is 5.03. The zero-order chi connectivity index (χ0) is 12.7. The number of nitrogens with two attached hydrogens (primary N) is 1. The summed E-state index contributed by atoms with van der Waals surface area (Å²) in [5, 5.41) is 3.59. The summed E-state index contributed by atoms with van der Waals surface area (Å²) in [7, 11) is 0.807. The molecule has 0 aliphatic carbocycles. The highest BCUT2D eigenvalue weighted by Gasteiger charge is 2.37. The first-order valence-corrected chi connectivity index (χ1v) is 7.36. The summed E-state index contributed by atoms with van der Waals surface area (Å²) in [6.45, 7) is 0.443. The predicted octanol–water partition coefficient (Wildman–Crippen LogP) is 0.297. The van der Waals surface area contributed by atoms with E-state index in [0.29, 0.717) is 12.6 Å². The van der Waals surface area contributed by atoms with Crippen LogP contribution in [-0.4, -0.2) is 35.4 Å². The van der Waals surface area contributed by atoms with Crippen LogP contribution in [0.5, 0.6) is 0 Å². The summed E-state index contributed by atoms with van der Waals surface area (Å²) in [4.78, 5) is 10.6. The van der Waals surface area contributed by atoms with Gasteiger partial charge in [-0.2, -0.15) is 0 Å². The highest BCUT2D eigenvalue weighted by molar-refractivity contribution is 6.81. The van der Waals surface area contributed by atoms with E-state index in [1.54, 1.807) is 14.2 Å². The van der Waals surface area contributed by atoms with Crippen molar-refractivity contribution in [3.05, 3.63) is 30.3 Å². The van der Waals surface area contributed by atoms with E-state index in [4.69, 9.17) is 14.6 Å². The van der Waals surface area contributed by atoms with Crippen LogP contribution in [0.15, 0.2) is 30.3 Å². The number of amides is 2. The molecule has 0 saturated heterocycles. The average Bonchev–Trinajstić information content (AvgIpc) is 2.36. The summed E-state index contributed by atoms with van der Waals surface area (Å²) < 4.78 is 11.2. The number of rotatable bonds is 6. The number of benzene rings is 1. The number of carbonyl (C=O) groups is 1. The van der Waals surface area contributed by atoms with Crippen molar-refractivity contribution in [3.8, 4) is 0 Å². The van der Waals surface area contributed by atoms with Gasteiger partial charge in [0.25, 0.3) is 0 Å². The number of primary amides is 1. The fourth-order valence-corrected chi connectivity index (χ4v) is 4.20. The lowest BCUT2D eigenvalue weighted by Gasteiger charge is -2.27. The van der Waals surface area contributed by atoms with Gasteiger partial charge in [0.05, 0.1) is 0 Å². The molecular weight excluding hydrogens is 236 g/mol.